The lowest BCUT2D eigenvalue weighted by molar-refractivity contribution is -0.137. The molecule has 1 saturated heterocycles. The van der Waals surface area contributed by atoms with Crippen LogP contribution in [-0.4, -0.2) is 67.3 Å². The summed E-state index contributed by atoms with van der Waals surface area (Å²) in [7, 11) is 0. The Kier molecular flexibility index (Phi) is 7.54. The van der Waals surface area contributed by atoms with Crippen LogP contribution in [0.1, 0.15) is 35.8 Å². The second-order valence-electron chi connectivity index (χ2n) is 9.37. The molecule has 210 valence electrons. The molecule has 1 unspecified atom stereocenters. The summed E-state index contributed by atoms with van der Waals surface area (Å²) in [6.45, 7) is 3.00. The van der Waals surface area contributed by atoms with Gasteiger partial charge in [-0.05, 0) is 44.0 Å². The van der Waals surface area contributed by atoms with E-state index in [0.29, 0.717) is 36.3 Å². The Bertz CT molecular complexity index is 1490. The maximum Gasteiger partial charge on any atom is 0.506 e. The van der Waals surface area contributed by atoms with Crippen molar-refractivity contribution in [2.24, 2.45) is 0 Å². The molecule has 3 aromatic heterocycles. The van der Waals surface area contributed by atoms with E-state index in [0.717, 1.165) is 6.42 Å². The molecular formula is C26H24F3N5O6. The van der Waals surface area contributed by atoms with Crippen LogP contribution in [0.2, 0.25) is 0 Å². The van der Waals surface area contributed by atoms with Crippen molar-refractivity contribution >= 4 is 6.16 Å². The van der Waals surface area contributed by atoms with Gasteiger partial charge in [-0.1, -0.05) is 40.6 Å². The summed E-state index contributed by atoms with van der Waals surface area (Å²) < 4.78 is 57.1. The summed E-state index contributed by atoms with van der Waals surface area (Å²) in [5.74, 6) is -1.20. The maximum atomic E-state index is 14.0. The molecule has 0 aliphatic carbocycles. The van der Waals surface area contributed by atoms with Crippen molar-refractivity contribution in [2.75, 3.05) is 19.6 Å². The molecule has 1 aliphatic rings. The van der Waals surface area contributed by atoms with E-state index >= 15 is 0 Å². The smallest absolute Gasteiger partial charge is 0.450 e. The van der Waals surface area contributed by atoms with E-state index in [4.69, 9.17) is 18.9 Å². The van der Waals surface area contributed by atoms with Gasteiger partial charge in [-0.15, -0.1) is 0 Å². The van der Waals surface area contributed by atoms with Crippen molar-refractivity contribution in [2.45, 2.75) is 38.1 Å². The van der Waals surface area contributed by atoms with Gasteiger partial charge in [0, 0.05) is 24.3 Å². The van der Waals surface area contributed by atoms with Crippen LogP contribution in [0, 0.1) is 6.92 Å². The van der Waals surface area contributed by atoms with E-state index in [1.807, 2.05) is 4.90 Å². The molecule has 4 aromatic rings. The number of aliphatic hydroxyl groups is 1. The van der Waals surface area contributed by atoms with Crippen molar-refractivity contribution in [1.29, 1.82) is 0 Å². The van der Waals surface area contributed by atoms with Crippen LogP contribution in [-0.2, 0) is 10.9 Å². The SMILES string of the molecule is Cc1cccc(-c2noc(-c3nc(-c4ccc(C(O)CN5CCC[C@H](OC(=O)O)C5)cc4)no3)c2C(F)(F)F)n1. The third-order valence-corrected chi connectivity index (χ3v) is 6.44. The van der Waals surface area contributed by atoms with Gasteiger partial charge in [0.15, 0.2) is 0 Å². The molecular weight excluding hydrogens is 535 g/mol. The standard InChI is InChI=1S/C26H24F3N5O6/c1-14-4-2-6-18(30-14)21-20(26(27,28)29)22(39-32-21)24-31-23(33-40-24)16-9-7-15(8-10-16)19(35)13-34-11-3-5-17(12-34)38-25(36)37/h2,4,6-10,17,19,35H,3,5,11-13H2,1H3,(H,36,37)/t17-,19?/m0/s1. The molecule has 1 aliphatic heterocycles. The lowest BCUT2D eigenvalue weighted by Crippen LogP contribution is -2.42. The third-order valence-electron chi connectivity index (χ3n) is 6.44. The molecule has 0 radical (unpaired) electrons. The van der Waals surface area contributed by atoms with E-state index in [-0.39, 0.29) is 18.1 Å². The number of ether oxygens (including phenoxy) is 1. The van der Waals surface area contributed by atoms with Gasteiger partial charge < -0.3 is 24.0 Å². The number of β-amino-alcohol motifs (C(OH)–C–C–N with tert-alkyl or cyclic N) is 1. The third kappa shape index (κ3) is 5.97. The van der Waals surface area contributed by atoms with E-state index < -0.39 is 47.4 Å². The van der Waals surface area contributed by atoms with Crippen molar-refractivity contribution in [3.63, 3.8) is 0 Å². The highest BCUT2D eigenvalue weighted by molar-refractivity contribution is 5.69. The number of halogens is 3. The zero-order chi connectivity index (χ0) is 28.4. The van der Waals surface area contributed by atoms with Crippen molar-refractivity contribution in [3.8, 4) is 34.4 Å². The topological polar surface area (TPSA) is 148 Å². The Morgan fingerprint density at radius 1 is 1.15 bits per heavy atom. The van der Waals surface area contributed by atoms with Gasteiger partial charge in [-0.25, -0.2) is 4.79 Å². The molecule has 4 heterocycles. The predicted molar refractivity (Wildman–Crippen MR) is 132 cm³/mol. The number of aromatic nitrogens is 4. The largest absolute Gasteiger partial charge is 0.506 e. The fourth-order valence-electron chi connectivity index (χ4n) is 4.60. The molecule has 0 amide bonds. The number of piperidine rings is 1. The number of carbonyl (C=O) groups is 1. The quantitative estimate of drug-likeness (QED) is 0.296. The van der Waals surface area contributed by atoms with Crippen LogP contribution in [0.4, 0.5) is 18.0 Å². The van der Waals surface area contributed by atoms with E-state index in [1.54, 1.807) is 43.3 Å². The maximum absolute atomic E-state index is 14.0. The van der Waals surface area contributed by atoms with Crippen LogP contribution in [0.3, 0.4) is 0 Å². The average molecular weight is 560 g/mol. The second kappa shape index (κ2) is 11.1. The number of aryl methyl sites for hydroxylation is 1. The summed E-state index contributed by atoms with van der Waals surface area (Å²) in [6, 6.07) is 11.1. The van der Waals surface area contributed by atoms with Crippen LogP contribution in [0.25, 0.3) is 34.4 Å². The first-order valence-electron chi connectivity index (χ1n) is 12.3. The highest BCUT2D eigenvalue weighted by Crippen LogP contribution is 2.42. The summed E-state index contributed by atoms with van der Waals surface area (Å²) in [5, 5.41) is 26.9. The number of hydrogen-bond acceptors (Lipinski definition) is 10. The van der Waals surface area contributed by atoms with E-state index in [2.05, 4.69) is 20.3 Å². The molecule has 40 heavy (non-hydrogen) atoms. The van der Waals surface area contributed by atoms with Crippen molar-refractivity contribution in [1.82, 2.24) is 25.2 Å². The Labute approximate surface area is 225 Å². The summed E-state index contributed by atoms with van der Waals surface area (Å²) in [6.07, 6.45) is -6.10. The van der Waals surface area contributed by atoms with Gasteiger partial charge in [0.1, 0.15) is 17.4 Å². The minimum Gasteiger partial charge on any atom is -0.450 e. The normalized spacial score (nSPS) is 17.1. The molecule has 2 atom stereocenters. The second-order valence-corrected chi connectivity index (χ2v) is 9.37. The minimum absolute atomic E-state index is 0.00862. The van der Waals surface area contributed by atoms with Gasteiger partial charge in [0.2, 0.25) is 11.6 Å². The summed E-state index contributed by atoms with van der Waals surface area (Å²) in [5.41, 5.74) is -0.139. The lowest BCUT2D eigenvalue weighted by Gasteiger charge is -2.33. The van der Waals surface area contributed by atoms with Gasteiger partial charge in [-0.2, -0.15) is 18.2 Å². The summed E-state index contributed by atoms with van der Waals surface area (Å²) >= 11 is 0. The van der Waals surface area contributed by atoms with Crippen LogP contribution < -0.4 is 0 Å². The average Bonchev–Trinajstić information content (AvgIpc) is 3.56. The number of likely N-dealkylation sites (tertiary alicyclic amines) is 1. The Morgan fingerprint density at radius 2 is 1.93 bits per heavy atom. The lowest BCUT2D eigenvalue weighted by atomic mass is 10.0. The van der Waals surface area contributed by atoms with E-state index in [1.165, 1.54) is 6.07 Å². The number of nitrogens with zero attached hydrogens (tertiary/aromatic N) is 5. The van der Waals surface area contributed by atoms with Gasteiger partial charge >= 0.3 is 12.3 Å². The number of alkyl halides is 3. The number of carboxylic acid groups (broad SMARTS) is 1. The Morgan fingerprint density at radius 3 is 2.62 bits per heavy atom. The fourth-order valence-corrected chi connectivity index (χ4v) is 4.60. The molecule has 2 N–H and O–H groups in total. The first kappa shape index (κ1) is 27.3. The number of hydrogen-bond donors (Lipinski definition) is 2. The Balaban J connectivity index is 1.32. The van der Waals surface area contributed by atoms with E-state index in [9.17, 15) is 23.1 Å². The number of pyridine rings is 1. The van der Waals surface area contributed by atoms with Gasteiger partial charge in [-0.3, -0.25) is 9.88 Å². The van der Waals surface area contributed by atoms with Crippen LogP contribution in [0.5, 0.6) is 0 Å². The van der Waals surface area contributed by atoms with Crippen molar-refractivity contribution < 1.29 is 42.0 Å². The number of benzene rings is 1. The molecule has 5 rings (SSSR count). The zero-order valence-corrected chi connectivity index (χ0v) is 21.1. The predicted octanol–water partition coefficient (Wildman–Crippen LogP) is 4.97. The molecule has 0 saturated carbocycles. The zero-order valence-electron chi connectivity index (χ0n) is 21.1. The van der Waals surface area contributed by atoms with Crippen molar-refractivity contribution in [3.05, 3.63) is 59.3 Å². The highest BCUT2D eigenvalue weighted by atomic mass is 19.4. The molecule has 0 bridgehead atoms. The minimum atomic E-state index is -4.84. The first-order valence-corrected chi connectivity index (χ1v) is 12.3. The highest BCUT2D eigenvalue weighted by Gasteiger charge is 2.43. The molecule has 14 heteroatoms. The molecule has 11 nitrogen and oxygen atoms in total. The van der Waals surface area contributed by atoms with Gasteiger partial charge in [0.05, 0.1) is 11.8 Å². The number of rotatable bonds is 7. The molecule has 1 aromatic carbocycles. The van der Waals surface area contributed by atoms with Gasteiger partial charge in [0.25, 0.3) is 5.89 Å². The van der Waals surface area contributed by atoms with Crippen LogP contribution >= 0.6 is 0 Å². The first-order chi connectivity index (χ1) is 19.1. The molecule has 0 spiro atoms. The number of aliphatic hydroxyl groups excluding tert-OH is 1. The molecule has 1 fully saturated rings. The summed E-state index contributed by atoms with van der Waals surface area (Å²) in [4.78, 5) is 20.9. The fraction of sp³-hybridized carbons (Fsp3) is 0.346. The van der Waals surface area contributed by atoms with Crippen LogP contribution in [0.15, 0.2) is 51.5 Å². The Hall–Kier alpha value is -4.30. The monoisotopic (exact) mass is 559 g/mol.